The van der Waals surface area contributed by atoms with E-state index >= 15 is 0 Å². The molecular formula is C24H22ClN3O4S. The number of aromatic carboxylic acids is 1. The van der Waals surface area contributed by atoms with Crippen LogP contribution in [0.1, 0.15) is 46.7 Å². The fourth-order valence-corrected chi connectivity index (χ4v) is 4.95. The molecule has 7 nitrogen and oxygen atoms in total. The lowest BCUT2D eigenvalue weighted by atomic mass is 10.0. The molecule has 0 radical (unpaired) electrons. The van der Waals surface area contributed by atoms with E-state index in [2.05, 4.69) is 15.2 Å². The van der Waals surface area contributed by atoms with Crippen molar-refractivity contribution < 1.29 is 19.1 Å². The molecule has 2 aromatic heterocycles. The van der Waals surface area contributed by atoms with E-state index in [1.54, 1.807) is 12.3 Å². The van der Waals surface area contributed by atoms with Gasteiger partial charge >= 0.3 is 5.97 Å². The molecule has 0 saturated carbocycles. The van der Waals surface area contributed by atoms with Crippen LogP contribution in [0, 0.1) is 0 Å². The van der Waals surface area contributed by atoms with E-state index in [1.165, 1.54) is 12.1 Å². The van der Waals surface area contributed by atoms with E-state index in [0.29, 0.717) is 33.8 Å². The van der Waals surface area contributed by atoms with Crippen molar-refractivity contribution in [2.24, 2.45) is 0 Å². The molecule has 4 heterocycles. The summed E-state index contributed by atoms with van der Waals surface area (Å²) in [5, 5.41) is 13.8. The van der Waals surface area contributed by atoms with E-state index in [-0.39, 0.29) is 23.8 Å². The molecule has 2 saturated heterocycles. The van der Waals surface area contributed by atoms with Crippen molar-refractivity contribution in [3.63, 3.8) is 0 Å². The quantitative estimate of drug-likeness (QED) is 0.481. The number of carboxylic acids is 1. The summed E-state index contributed by atoms with van der Waals surface area (Å²) < 4.78 is 12.1. The maximum Gasteiger partial charge on any atom is 0.335 e. The van der Waals surface area contributed by atoms with Gasteiger partial charge in [0.1, 0.15) is 17.6 Å². The number of ether oxygens (including phenoxy) is 1. The van der Waals surface area contributed by atoms with Gasteiger partial charge in [-0.25, -0.2) is 4.79 Å². The SMILES string of the molecule is O=C(O)c1ccc(Cl)c(-c2ccc([C@H]3[C@H](c4ccccn4)NC(=S)N3C[C@@H]3CCCO3)o2)c1. The topological polar surface area (TPSA) is 87.8 Å². The number of hydrogen-bond donors (Lipinski definition) is 2. The number of nitrogens with one attached hydrogen (secondary N) is 1. The largest absolute Gasteiger partial charge is 0.478 e. The van der Waals surface area contributed by atoms with Crippen LogP contribution in [-0.4, -0.2) is 45.3 Å². The predicted molar refractivity (Wildman–Crippen MR) is 127 cm³/mol. The third-order valence-corrected chi connectivity index (χ3v) is 6.70. The molecule has 2 fully saturated rings. The van der Waals surface area contributed by atoms with Crippen LogP contribution in [0.5, 0.6) is 0 Å². The van der Waals surface area contributed by atoms with Gasteiger partial charge in [-0.1, -0.05) is 17.7 Å². The number of thiocarbonyl (C=S) groups is 1. The average molecular weight is 484 g/mol. The number of hydrogen-bond acceptors (Lipinski definition) is 5. The minimum Gasteiger partial charge on any atom is -0.478 e. The van der Waals surface area contributed by atoms with Crippen molar-refractivity contribution in [3.05, 3.63) is 76.8 Å². The summed E-state index contributed by atoms with van der Waals surface area (Å²) in [5.41, 5.74) is 1.52. The highest BCUT2D eigenvalue weighted by molar-refractivity contribution is 7.80. The van der Waals surface area contributed by atoms with Crippen molar-refractivity contribution in [1.29, 1.82) is 0 Å². The van der Waals surface area contributed by atoms with Gasteiger partial charge < -0.3 is 24.5 Å². The lowest BCUT2D eigenvalue weighted by molar-refractivity contribution is 0.0697. The fraction of sp³-hybridized carbons (Fsp3) is 0.292. The van der Waals surface area contributed by atoms with E-state index in [0.717, 1.165) is 25.1 Å². The van der Waals surface area contributed by atoms with Gasteiger partial charge in [0.25, 0.3) is 0 Å². The van der Waals surface area contributed by atoms with E-state index < -0.39 is 5.97 Å². The Balaban J connectivity index is 1.53. The van der Waals surface area contributed by atoms with Crippen molar-refractivity contribution in [2.75, 3.05) is 13.2 Å². The van der Waals surface area contributed by atoms with Crippen LogP contribution in [0.3, 0.4) is 0 Å². The minimum absolute atomic E-state index is 0.103. The Morgan fingerprint density at radius 1 is 1.27 bits per heavy atom. The maximum atomic E-state index is 11.4. The summed E-state index contributed by atoms with van der Waals surface area (Å²) in [6, 6.07) is 13.6. The highest BCUT2D eigenvalue weighted by Gasteiger charge is 2.43. The van der Waals surface area contributed by atoms with Gasteiger partial charge in [-0.05, 0) is 67.5 Å². The first kappa shape index (κ1) is 21.9. The van der Waals surface area contributed by atoms with Gasteiger partial charge in [0.05, 0.1) is 28.4 Å². The van der Waals surface area contributed by atoms with E-state index in [1.807, 2.05) is 30.3 Å². The van der Waals surface area contributed by atoms with Gasteiger partial charge in [-0.15, -0.1) is 0 Å². The Bertz CT molecular complexity index is 1180. The molecule has 0 bridgehead atoms. The molecule has 0 aliphatic carbocycles. The molecule has 1 aromatic carbocycles. The number of rotatable bonds is 6. The summed E-state index contributed by atoms with van der Waals surface area (Å²) in [7, 11) is 0. The first-order valence-corrected chi connectivity index (χ1v) is 11.5. The van der Waals surface area contributed by atoms with Gasteiger partial charge in [0.15, 0.2) is 5.11 Å². The summed E-state index contributed by atoms with van der Waals surface area (Å²) in [4.78, 5) is 18.1. The second kappa shape index (κ2) is 9.13. The van der Waals surface area contributed by atoms with Gasteiger partial charge in [-0.3, -0.25) is 4.98 Å². The molecule has 2 N–H and O–H groups in total. The molecule has 2 aliphatic heterocycles. The number of pyridine rings is 1. The Morgan fingerprint density at radius 2 is 2.15 bits per heavy atom. The van der Waals surface area contributed by atoms with Crippen LogP contribution >= 0.6 is 23.8 Å². The third-order valence-electron chi connectivity index (χ3n) is 6.02. The monoisotopic (exact) mass is 483 g/mol. The lowest BCUT2D eigenvalue weighted by Gasteiger charge is -2.28. The highest BCUT2D eigenvalue weighted by Crippen LogP contribution is 2.41. The van der Waals surface area contributed by atoms with Crippen LogP contribution in [-0.2, 0) is 4.74 Å². The highest BCUT2D eigenvalue weighted by atomic mass is 35.5. The van der Waals surface area contributed by atoms with Crippen LogP contribution in [0.25, 0.3) is 11.3 Å². The van der Waals surface area contributed by atoms with E-state index in [4.69, 9.17) is 33.0 Å². The molecule has 2 aliphatic rings. The summed E-state index contributed by atoms with van der Waals surface area (Å²) >= 11 is 12.1. The fourth-order valence-electron chi connectivity index (χ4n) is 4.42. The Morgan fingerprint density at radius 3 is 2.88 bits per heavy atom. The Kier molecular flexibility index (Phi) is 6.05. The molecular weight excluding hydrogens is 462 g/mol. The number of aromatic nitrogens is 1. The zero-order valence-corrected chi connectivity index (χ0v) is 19.2. The van der Waals surface area contributed by atoms with Gasteiger partial charge in [-0.2, -0.15) is 0 Å². The van der Waals surface area contributed by atoms with E-state index in [9.17, 15) is 9.90 Å². The number of benzene rings is 1. The standard InChI is InChI=1S/C24H22ClN3O4S/c25-17-7-6-14(23(29)30)12-16(17)19-8-9-20(32-19)22-21(18-5-1-2-10-26-18)27-24(33)28(22)13-15-4-3-11-31-15/h1-2,5-10,12,15,21-22H,3-4,11,13H2,(H,27,33)(H,29,30)/t15-,21-,22-/m0/s1. The van der Waals surface area contributed by atoms with Crippen LogP contribution in [0.15, 0.2) is 59.1 Å². The molecule has 5 rings (SSSR count). The summed E-state index contributed by atoms with van der Waals surface area (Å²) in [6.07, 6.45) is 3.88. The molecule has 0 unspecified atom stereocenters. The minimum atomic E-state index is -1.03. The number of carboxylic acid groups (broad SMARTS) is 1. The average Bonchev–Trinajstić information content (AvgIpc) is 3.56. The number of nitrogens with zero attached hydrogens (tertiary/aromatic N) is 2. The first-order chi connectivity index (χ1) is 16.0. The van der Waals surface area contributed by atoms with Crippen LogP contribution in [0.4, 0.5) is 0 Å². The normalized spacial score (nSPS) is 22.5. The third kappa shape index (κ3) is 4.34. The summed E-state index contributed by atoms with van der Waals surface area (Å²) in [6.45, 7) is 1.40. The zero-order valence-electron chi connectivity index (χ0n) is 17.6. The van der Waals surface area contributed by atoms with Crippen molar-refractivity contribution in [1.82, 2.24) is 15.2 Å². The molecule has 9 heteroatoms. The summed E-state index contributed by atoms with van der Waals surface area (Å²) in [5.74, 6) is 0.151. The van der Waals surface area contributed by atoms with Crippen LogP contribution in [0.2, 0.25) is 5.02 Å². The van der Waals surface area contributed by atoms with Gasteiger partial charge in [0.2, 0.25) is 0 Å². The van der Waals surface area contributed by atoms with Crippen molar-refractivity contribution in [2.45, 2.75) is 31.0 Å². The molecule has 3 atom stereocenters. The smallest absolute Gasteiger partial charge is 0.335 e. The molecule has 0 spiro atoms. The Labute approximate surface area is 201 Å². The van der Waals surface area contributed by atoms with Crippen molar-refractivity contribution >= 4 is 34.9 Å². The maximum absolute atomic E-state index is 11.4. The molecule has 33 heavy (non-hydrogen) atoms. The Hall–Kier alpha value is -2.94. The predicted octanol–water partition coefficient (Wildman–Crippen LogP) is 4.84. The van der Waals surface area contributed by atoms with Crippen molar-refractivity contribution in [3.8, 4) is 11.3 Å². The second-order valence-electron chi connectivity index (χ2n) is 8.12. The molecule has 0 amide bonds. The van der Waals surface area contributed by atoms with Gasteiger partial charge in [0, 0.05) is 24.9 Å². The zero-order chi connectivity index (χ0) is 22.9. The van der Waals surface area contributed by atoms with Crippen LogP contribution < -0.4 is 5.32 Å². The number of furan rings is 1. The molecule has 170 valence electrons. The second-order valence-corrected chi connectivity index (χ2v) is 8.91. The first-order valence-electron chi connectivity index (χ1n) is 10.7. The molecule has 3 aromatic rings. The number of halogens is 1. The number of carbonyl (C=O) groups is 1. The lowest BCUT2D eigenvalue weighted by Crippen LogP contribution is -2.36.